The topological polar surface area (TPSA) is 0 Å². The van der Waals surface area contributed by atoms with Gasteiger partial charge in [-0.05, 0) is 31.9 Å². The van der Waals surface area contributed by atoms with Crippen molar-refractivity contribution in [2.24, 2.45) is 0 Å². The summed E-state index contributed by atoms with van der Waals surface area (Å²) in [4.78, 5) is 0. The van der Waals surface area contributed by atoms with Gasteiger partial charge < -0.3 is 0 Å². The molecule has 0 aliphatic heterocycles. The second-order valence-electron chi connectivity index (χ2n) is 3.84. The van der Waals surface area contributed by atoms with E-state index in [0.717, 1.165) is 12.1 Å². The Morgan fingerprint density at radius 3 is 1.18 bits per heavy atom. The summed E-state index contributed by atoms with van der Waals surface area (Å²) in [7, 11) is 0. The van der Waals surface area contributed by atoms with E-state index < -0.39 is 44.1 Å². The lowest BCUT2D eigenvalue weighted by Crippen LogP contribution is -2.22. The molecule has 0 aliphatic carbocycles. The average Bonchev–Trinajstić information content (AvgIpc) is 2.45. The number of benzene rings is 1. The van der Waals surface area contributed by atoms with Crippen LogP contribution in [0.1, 0.15) is 11.1 Å². The molecule has 0 bridgehead atoms. The SMILES string of the molecule is FC(F)=C(F)C(F)(Br)c1ccccc1C(F)(Br)C(F)=C(F)F. The number of hydrogen-bond donors (Lipinski definition) is 0. The third-order valence-electron chi connectivity index (χ3n) is 2.49. The first-order chi connectivity index (χ1) is 9.94. The molecule has 0 amide bonds. The zero-order valence-corrected chi connectivity index (χ0v) is 13.3. The number of allylic oxidation sites excluding steroid dienone is 2. The van der Waals surface area contributed by atoms with Crippen molar-refractivity contribution in [2.75, 3.05) is 0 Å². The van der Waals surface area contributed by atoms with Crippen LogP contribution in [-0.4, -0.2) is 0 Å². The maximum absolute atomic E-state index is 14.2. The molecule has 1 rings (SSSR count). The molecule has 2 atom stereocenters. The molecule has 0 fully saturated rings. The van der Waals surface area contributed by atoms with Crippen LogP contribution in [0.2, 0.25) is 0 Å². The molecule has 0 radical (unpaired) electrons. The van der Waals surface area contributed by atoms with Crippen molar-refractivity contribution < 1.29 is 35.1 Å². The molecule has 0 saturated carbocycles. The highest BCUT2D eigenvalue weighted by Gasteiger charge is 2.47. The van der Waals surface area contributed by atoms with Crippen molar-refractivity contribution in [1.82, 2.24) is 0 Å². The van der Waals surface area contributed by atoms with Crippen molar-refractivity contribution in [3.05, 3.63) is 59.2 Å². The average molecular weight is 460 g/mol. The van der Waals surface area contributed by atoms with Gasteiger partial charge in [0.2, 0.25) is 20.8 Å². The number of alkyl halides is 4. The molecule has 0 N–H and O–H groups in total. The molecule has 0 nitrogen and oxygen atoms in total. The van der Waals surface area contributed by atoms with E-state index in [1.807, 2.05) is 31.9 Å². The van der Waals surface area contributed by atoms with Gasteiger partial charge in [-0.1, -0.05) is 24.3 Å². The first kappa shape index (κ1) is 19.1. The normalized spacial score (nSPS) is 16.5. The van der Waals surface area contributed by atoms with Crippen LogP contribution in [0.5, 0.6) is 0 Å². The highest BCUT2D eigenvalue weighted by Crippen LogP contribution is 2.51. The summed E-state index contributed by atoms with van der Waals surface area (Å²) >= 11 is 3.99. The smallest absolute Gasteiger partial charge is 0.218 e. The van der Waals surface area contributed by atoms with Gasteiger partial charge in [0.25, 0.3) is 0 Å². The summed E-state index contributed by atoms with van der Waals surface area (Å²) in [5.41, 5.74) is -2.31. The molecule has 2 unspecified atom stereocenters. The van der Waals surface area contributed by atoms with Crippen molar-refractivity contribution >= 4 is 31.9 Å². The standard InChI is InChI=1S/C12H4Br2F8/c13-11(21,7(15)9(17)18)5-3-1-2-4-6(5)12(14,22)8(16)10(19)20/h1-4H. The molecule has 122 valence electrons. The molecule has 0 saturated heterocycles. The van der Waals surface area contributed by atoms with Crippen molar-refractivity contribution in [1.29, 1.82) is 0 Å². The van der Waals surface area contributed by atoms with E-state index in [-0.39, 0.29) is 0 Å². The van der Waals surface area contributed by atoms with Crippen LogP contribution >= 0.6 is 31.9 Å². The van der Waals surface area contributed by atoms with E-state index in [9.17, 15) is 35.1 Å². The minimum Gasteiger partial charge on any atom is -0.218 e. The van der Waals surface area contributed by atoms with Crippen LogP contribution < -0.4 is 0 Å². The minimum atomic E-state index is -3.74. The van der Waals surface area contributed by atoms with Gasteiger partial charge in [0.15, 0.2) is 0 Å². The second-order valence-corrected chi connectivity index (χ2v) is 6.03. The lowest BCUT2D eigenvalue weighted by molar-refractivity contribution is 0.239. The summed E-state index contributed by atoms with van der Waals surface area (Å²) in [6.07, 6.45) is -6.11. The summed E-state index contributed by atoms with van der Waals surface area (Å²) < 4.78 is 96.4. The van der Waals surface area contributed by atoms with Gasteiger partial charge in [0.1, 0.15) is 0 Å². The van der Waals surface area contributed by atoms with E-state index in [1.54, 1.807) is 0 Å². The van der Waals surface area contributed by atoms with E-state index in [0.29, 0.717) is 12.1 Å². The van der Waals surface area contributed by atoms with Crippen LogP contribution in [-0.2, 0) is 9.16 Å². The van der Waals surface area contributed by atoms with E-state index >= 15 is 0 Å². The first-order valence-corrected chi connectivity index (χ1v) is 6.80. The van der Waals surface area contributed by atoms with Crippen molar-refractivity contribution in [3.63, 3.8) is 0 Å². The molecular weight excluding hydrogens is 456 g/mol. The monoisotopic (exact) mass is 458 g/mol. The number of halogens is 10. The van der Waals surface area contributed by atoms with E-state index in [4.69, 9.17) is 0 Å². The Bertz CT molecular complexity index is 573. The van der Waals surface area contributed by atoms with Gasteiger partial charge in [-0.3, -0.25) is 0 Å². The summed E-state index contributed by atoms with van der Waals surface area (Å²) in [6, 6.07) is 3.25. The van der Waals surface area contributed by atoms with Gasteiger partial charge in [0.05, 0.1) is 0 Å². The Balaban J connectivity index is 3.64. The first-order valence-electron chi connectivity index (χ1n) is 5.22. The molecule has 1 aromatic carbocycles. The third-order valence-corrected chi connectivity index (χ3v) is 4.04. The fourth-order valence-electron chi connectivity index (χ4n) is 1.50. The predicted octanol–water partition coefficient (Wildman–Crippen LogP) is 6.88. The van der Waals surface area contributed by atoms with Gasteiger partial charge in [-0.25, -0.2) is 17.6 Å². The second kappa shape index (κ2) is 6.69. The Labute approximate surface area is 135 Å². The van der Waals surface area contributed by atoms with Gasteiger partial charge >= 0.3 is 12.2 Å². The Morgan fingerprint density at radius 1 is 0.682 bits per heavy atom. The molecule has 22 heavy (non-hydrogen) atoms. The fourth-order valence-corrected chi connectivity index (χ4v) is 2.50. The number of hydrogen-bond acceptors (Lipinski definition) is 0. The Kier molecular flexibility index (Phi) is 5.82. The third kappa shape index (κ3) is 3.53. The molecule has 0 aliphatic rings. The highest BCUT2D eigenvalue weighted by molar-refractivity contribution is 9.10. The van der Waals surface area contributed by atoms with Gasteiger partial charge in [-0.2, -0.15) is 17.6 Å². The summed E-state index contributed by atoms with van der Waals surface area (Å²) in [5.74, 6) is -5.23. The fraction of sp³-hybridized carbons (Fsp3) is 0.167. The zero-order chi connectivity index (χ0) is 17.3. The molecule has 0 spiro atoms. The van der Waals surface area contributed by atoms with E-state index in [1.165, 1.54) is 0 Å². The van der Waals surface area contributed by atoms with Crippen LogP contribution in [0.25, 0.3) is 0 Å². The predicted molar refractivity (Wildman–Crippen MR) is 70.6 cm³/mol. The van der Waals surface area contributed by atoms with Gasteiger partial charge in [0, 0.05) is 11.1 Å². The highest BCUT2D eigenvalue weighted by atomic mass is 79.9. The number of rotatable bonds is 4. The molecular formula is C12H4Br2F8. The van der Waals surface area contributed by atoms with Gasteiger partial charge in [-0.15, -0.1) is 0 Å². The summed E-state index contributed by atoms with van der Waals surface area (Å²) in [6.45, 7) is 0. The molecule has 0 heterocycles. The van der Waals surface area contributed by atoms with Crippen LogP contribution in [0.15, 0.2) is 48.1 Å². The molecule has 10 heteroatoms. The van der Waals surface area contributed by atoms with Crippen LogP contribution in [0, 0.1) is 0 Å². The lowest BCUT2D eigenvalue weighted by Gasteiger charge is -2.25. The molecule has 0 aromatic heterocycles. The largest absolute Gasteiger partial charge is 0.306 e. The quantitative estimate of drug-likeness (QED) is 0.340. The minimum absolute atomic E-state index is 0.631. The van der Waals surface area contributed by atoms with Crippen LogP contribution in [0.4, 0.5) is 35.1 Å². The van der Waals surface area contributed by atoms with Crippen molar-refractivity contribution in [2.45, 2.75) is 9.16 Å². The molecule has 1 aromatic rings. The maximum Gasteiger partial charge on any atom is 0.306 e. The van der Waals surface area contributed by atoms with E-state index in [2.05, 4.69) is 0 Å². The Hall–Kier alpha value is -0.900. The zero-order valence-electron chi connectivity index (χ0n) is 10.1. The maximum atomic E-state index is 14.2. The summed E-state index contributed by atoms with van der Waals surface area (Å²) in [5, 5.41) is 0. The lowest BCUT2D eigenvalue weighted by atomic mass is 9.98. The van der Waals surface area contributed by atoms with Crippen LogP contribution in [0.3, 0.4) is 0 Å². The Morgan fingerprint density at radius 2 is 0.955 bits per heavy atom. The van der Waals surface area contributed by atoms with Crippen molar-refractivity contribution in [3.8, 4) is 0 Å².